The molecule has 1 aliphatic rings. The molecule has 2 rings (SSSR count). The van der Waals surface area contributed by atoms with Crippen LogP contribution in [-0.2, 0) is 20.4 Å². The molecule has 1 unspecified atom stereocenters. The normalized spacial score (nSPS) is 18.1. The summed E-state index contributed by atoms with van der Waals surface area (Å²) in [5.41, 5.74) is 1.62. The second-order valence-electron chi connectivity index (χ2n) is 4.01. The van der Waals surface area contributed by atoms with Crippen LogP contribution in [0, 0.1) is 6.92 Å². The number of carbonyl (C=O) groups is 2. The lowest BCUT2D eigenvalue weighted by atomic mass is 9.90. The molecule has 6 nitrogen and oxygen atoms in total. The van der Waals surface area contributed by atoms with E-state index < -0.39 is 23.2 Å². The van der Waals surface area contributed by atoms with Gasteiger partial charge in [0.1, 0.15) is 0 Å². The first-order chi connectivity index (χ1) is 9.47. The zero-order valence-corrected chi connectivity index (χ0v) is 11.3. The van der Waals surface area contributed by atoms with Crippen LogP contribution in [0.5, 0.6) is 0 Å². The molecule has 1 aliphatic heterocycles. The van der Waals surface area contributed by atoms with Gasteiger partial charge in [-0.15, -0.1) is 9.35 Å². The van der Waals surface area contributed by atoms with E-state index in [0.717, 1.165) is 5.56 Å². The van der Waals surface area contributed by atoms with Crippen LogP contribution in [0.2, 0.25) is 0 Å². The third-order valence-electron chi connectivity index (χ3n) is 2.79. The minimum absolute atomic E-state index is 0.179. The Morgan fingerprint density at radius 2 is 2.05 bits per heavy atom. The Balaban J connectivity index is 2.67. The maximum atomic E-state index is 12.2. The average molecular weight is 293 g/mol. The van der Waals surface area contributed by atoms with E-state index in [9.17, 15) is 13.8 Å². The lowest BCUT2D eigenvalue weighted by molar-refractivity contribution is -0.141. The van der Waals surface area contributed by atoms with E-state index in [1.165, 1.54) is 18.2 Å². The molecule has 1 aromatic rings. The number of hydroxylamine groups is 2. The van der Waals surface area contributed by atoms with Crippen LogP contribution in [0.4, 0.5) is 0 Å². The van der Waals surface area contributed by atoms with Crippen molar-refractivity contribution < 1.29 is 22.6 Å². The molecule has 1 aromatic carbocycles. The van der Waals surface area contributed by atoms with Gasteiger partial charge < -0.3 is 0 Å². The molecule has 0 fully saturated rings. The molecule has 20 heavy (non-hydrogen) atoms. The third kappa shape index (κ3) is 2.34. The second kappa shape index (κ2) is 5.49. The van der Waals surface area contributed by atoms with Crippen molar-refractivity contribution in [2.75, 3.05) is 0 Å². The Kier molecular flexibility index (Phi) is 3.93. The van der Waals surface area contributed by atoms with Gasteiger partial charge in [-0.3, -0.25) is 14.1 Å². The SMILES string of the molecule is C=C/C=C1/C(=O)N(OS(=O)O)C(=O)c2cccc(C)c21. The topological polar surface area (TPSA) is 83.9 Å². The Morgan fingerprint density at radius 3 is 2.65 bits per heavy atom. The smallest absolute Gasteiger partial charge is 0.282 e. The average Bonchev–Trinajstić information content (AvgIpc) is 2.39. The largest absolute Gasteiger partial charge is 0.325 e. The van der Waals surface area contributed by atoms with Gasteiger partial charge in [0.15, 0.2) is 0 Å². The highest BCUT2D eigenvalue weighted by Crippen LogP contribution is 2.31. The molecule has 7 heteroatoms. The first-order valence-electron chi connectivity index (χ1n) is 5.58. The second-order valence-corrected chi connectivity index (χ2v) is 4.59. The molecule has 104 valence electrons. The number of amides is 2. The number of hydrogen-bond acceptors (Lipinski definition) is 4. The Bertz CT molecular complexity index is 665. The maximum Gasteiger partial charge on any atom is 0.325 e. The van der Waals surface area contributed by atoms with Crippen molar-refractivity contribution in [2.45, 2.75) is 6.92 Å². The summed E-state index contributed by atoms with van der Waals surface area (Å²) in [5.74, 6) is -1.59. The summed E-state index contributed by atoms with van der Waals surface area (Å²) < 4.78 is 23.8. The Hall–Kier alpha value is -2.09. The lowest BCUT2D eigenvalue weighted by Gasteiger charge is -2.26. The van der Waals surface area contributed by atoms with Crippen LogP contribution in [0.15, 0.2) is 36.9 Å². The molecule has 0 spiro atoms. The van der Waals surface area contributed by atoms with E-state index in [1.54, 1.807) is 19.1 Å². The molecule has 0 radical (unpaired) electrons. The van der Waals surface area contributed by atoms with Gasteiger partial charge in [-0.1, -0.05) is 24.8 Å². The monoisotopic (exact) mass is 293 g/mol. The summed E-state index contributed by atoms with van der Waals surface area (Å²) in [6, 6.07) is 4.93. The van der Waals surface area contributed by atoms with Crippen molar-refractivity contribution in [3.8, 4) is 0 Å². The number of allylic oxidation sites excluding steroid dienone is 2. The number of aryl methyl sites for hydroxylation is 1. The molecular weight excluding hydrogens is 282 g/mol. The van der Waals surface area contributed by atoms with Crippen LogP contribution in [-0.4, -0.2) is 25.6 Å². The number of benzene rings is 1. The summed E-state index contributed by atoms with van der Waals surface area (Å²) in [5, 5.41) is 0.285. The minimum Gasteiger partial charge on any atom is -0.282 e. The first kappa shape index (κ1) is 14.3. The zero-order chi connectivity index (χ0) is 14.9. The molecule has 0 aliphatic carbocycles. The summed E-state index contributed by atoms with van der Waals surface area (Å²) in [6.45, 7) is 5.28. The van der Waals surface area contributed by atoms with Gasteiger partial charge in [-0.25, -0.2) is 0 Å². The van der Waals surface area contributed by atoms with Crippen molar-refractivity contribution in [3.63, 3.8) is 0 Å². The number of rotatable bonds is 3. The zero-order valence-electron chi connectivity index (χ0n) is 10.5. The number of imide groups is 1. The molecule has 0 saturated carbocycles. The molecule has 0 bridgehead atoms. The van der Waals surface area contributed by atoms with Crippen molar-refractivity contribution in [3.05, 3.63) is 53.6 Å². The highest BCUT2D eigenvalue weighted by Gasteiger charge is 2.37. The Labute approximate surface area is 117 Å². The third-order valence-corrected chi connectivity index (χ3v) is 3.07. The van der Waals surface area contributed by atoms with Crippen LogP contribution in [0.1, 0.15) is 21.5 Å². The van der Waals surface area contributed by atoms with Crippen LogP contribution < -0.4 is 0 Å². The van der Waals surface area contributed by atoms with Gasteiger partial charge in [0, 0.05) is 5.56 Å². The van der Waals surface area contributed by atoms with Gasteiger partial charge in [0.2, 0.25) is 0 Å². The Morgan fingerprint density at radius 1 is 1.35 bits per heavy atom. The van der Waals surface area contributed by atoms with Crippen LogP contribution >= 0.6 is 0 Å². The van der Waals surface area contributed by atoms with E-state index in [-0.39, 0.29) is 16.2 Å². The van der Waals surface area contributed by atoms with E-state index in [2.05, 4.69) is 10.9 Å². The van der Waals surface area contributed by atoms with Gasteiger partial charge >= 0.3 is 11.4 Å². The molecule has 0 saturated heterocycles. The lowest BCUT2D eigenvalue weighted by Crippen LogP contribution is -2.42. The summed E-state index contributed by atoms with van der Waals surface area (Å²) >= 11 is -2.77. The summed E-state index contributed by atoms with van der Waals surface area (Å²) in [6.07, 6.45) is 2.82. The van der Waals surface area contributed by atoms with Gasteiger partial charge in [-0.05, 0) is 24.6 Å². The fourth-order valence-corrected chi connectivity index (χ4v) is 2.29. The van der Waals surface area contributed by atoms with E-state index >= 15 is 0 Å². The van der Waals surface area contributed by atoms with Gasteiger partial charge in [-0.2, -0.15) is 4.21 Å². The molecule has 2 amide bonds. The fraction of sp³-hybridized carbons (Fsp3) is 0.0769. The standard InChI is InChI=1S/C13H11NO5S/c1-3-5-9-11-8(2)6-4-7-10(11)13(16)14(12(9)15)19-20(17)18/h3-7H,1H2,2H3,(H,17,18)/b9-5+. The fourth-order valence-electron chi connectivity index (χ4n) is 2.03. The number of fused-ring (bicyclic) bond motifs is 1. The molecule has 1 atom stereocenters. The predicted octanol–water partition coefficient (Wildman–Crippen LogP) is 1.62. The quantitative estimate of drug-likeness (QED) is 0.520. The molecular formula is C13H11NO5S. The predicted molar refractivity (Wildman–Crippen MR) is 72.4 cm³/mol. The highest BCUT2D eigenvalue weighted by molar-refractivity contribution is 7.74. The van der Waals surface area contributed by atoms with E-state index in [1.807, 2.05) is 0 Å². The number of nitrogens with zero attached hydrogens (tertiary/aromatic N) is 1. The van der Waals surface area contributed by atoms with E-state index in [4.69, 9.17) is 4.55 Å². The van der Waals surface area contributed by atoms with Crippen molar-refractivity contribution in [2.24, 2.45) is 0 Å². The number of carbonyl (C=O) groups excluding carboxylic acids is 2. The molecule has 1 N–H and O–H groups in total. The highest BCUT2D eigenvalue weighted by atomic mass is 32.2. The molecule has 1 heterocycles. The van der Waals surface area contributed by atoms with Crippen molar-refractivity contribution in [1.29, 1.82) is 0 Å². The summed E-state index contributed by atoms with van der Waals surface area (Å²) in [4.78, 5) is 24.3. The van der Waals surface area contributed by atoms with Crippen molar-refractivity contribution >= 4 is 28.7 Å². The molecule has 0 aromatic heterocycles. The summed E-state index contributed by atoms with van der Waals surface area (Å²) in [7, 11) is 0. The van der Waals surface area contributed by atoms with Crippen LogP contribution in [0.25, 0.3) is 5.57 Å². The van der Waals surface area contributed by atoms with Gasteiger partial charge in [0.05, 0.1) is 11.1 Å². The van der Waals surface area contributed by atoms with E-state index in [0.29, 0.717) is 5.56 Å². The number of hydrogen-bond donors (Lipinski definition) is 1. The maximum absolute atomic E-state index is 12.2. The van der Waals surface area contributed by atoms with Crippen molar-refractivity contribution in [1.82, 2.24) is 5.06 Å². The van der Waals surface area contributed by atoms with Crippen LogP contribution in [0.3, 0.4) is 0 Å². The first-order valence-corrected chi connectivity index (χ1v) is 6.61. The van der Waals surface area contributed by atoms with Gasteiger partial charge in [0.25, 0.3) is 11.8 Å². The minimum atomic E-state index is -2.77.